The topological polar surface area (TPSA) is 30.9 Å². The number of benzene rings is 1. The first-order valence-electron chi connectivity index (χ1n) is 6.54. The van der Waals surface area contributed by atoms with E-state index in [0.717, 1.165) is 6.54 Å². The van der Waals surface area contributed by atoms with Crippen LogP contribution in [0.15, 0.2) is 24.4 Å². The Hall–Kier alpha value is -1.28. The molecule has 17 heavy (non-hydrogen) atoms. The van der Waals surface area contributed by atoms with Crippen LogP contribution < -0.4 is 5.73 Å². The molecule has 0 radical (unpaired) electrons. The molecule has 2 aromatic rings. The summed E-state index contributed by atoms with van der Waals surface area (Å²) in [5, 5.41) is 1.40. The quantitative estimate of drug-likeness (QED) is 0.840. The minimum atomic E-state index is 0.699. The van der Waals surface area contributed by atoms with Crippen LogP contribution in [0.4, 0.5) is 0 Å². The van der Waals surface area contributed by atoms with Crippen LogP contribution >= 0.6 is 0 Å². The third-order valence-electron chi connectivity index (χ3n) is 3.29. The van der Waals surface area contributed by atoms with Gasteiger partial charge in [-0.05, 0) is 37.0 Å². The first-order chi connectivity index (χ1) is 8.26. The van der Waals surface area contributed by atoms with E-state index in [9.17, 15) is 0 Å². The van der Waals surface area contributed by atoms with E-state index >= 15 is 0 Å². The van der Waals surface area contributed by atoms with Crippen LogP contribution in [-0.2, 0) is 13.0 Å². The van der Waals surface area contributed by atoms with Crippen LogP contribution in [0.3, 0.4) is 0 Å². The third-order valence-corrected chi connectivity index (χ3v) is 3.29. The SMILES string of the molecule is CCCCc1cn(CCN)c2cc(C)ccc12. The fourth-order valence-electron chi connectivity index (χ4n) is 2.37. The molecule has 0 aliphatic rings. The van der Waals surface area contributed by atoms with Gasteiger partial charge in [0.05, 0.1) is 0 Å². The summed E-state index contributed by atoms with van der Waals surface area (Å²) in [6.07, 6.45) is 5.96. The van der Waals surface area contributed by atoms with Gasteiger partial charge in [0.25, 0.3) is 0 Å². The fraction of sp³-hybridized carbons (Fsp3) is 0.467. The molecule has 0 amide bonds. The molecular formula is C15H22N2. The number of unbranched alkanes of at least 4 members (excludes halogenated alkanes) is 1. The summed E-state index contributed by atoms with van der Waals surface area (Å²) in [5.74, 6) is 0. The number of fused-ring (bicyclic) bond motifs is 1. The lowest BCUT2D eigenvalue weighted by atomic mass is 10.1. The zero-order valence-corrected chi connectivity index (χ0v) is 10.9. The second kappa shape index (κ2) is 5.37. The van der Waals surface area contributed by atoms with Crippen LogP contribution in [-0.4, -0.2) is 11.1 Å². The van der Waals surface area contributed by atoms with Gasteiger partial charge in [-0.3, -0.25) is 0 Å². The lowest BCUT2D eigenvalue weighted by Crippen LogP contribution is -2.08. The van der Waals surface area contributed by atoms with Crippen molar-refractivity contribution < 1.29 is 0 Å². The second-order valence-corrected chi connectivity index (χ2v) is 4.76. The molecule has 0 spiro atoms. The number of nitrogens with two attached hydrogens (primary N) is 1. The highest BCUT2D eigenvalue weighted by Gasteiger charge is 2.07. The summed E-state index contributed by atoms with van der Waals surface area (Å²) in [4.78, 5) is 0. The predicted molar refractivity (Wildman–Crippen MR) is 74.3 cm³/mol. The van der Waals surface area contributed by atoms with E-state index in [4.69, 9.17) is 5.73 Å². The van der Waals surface area contributed by atoms with Gasteiger partial charge in [-0.25, -0.2) is 0 Å². The number of rotatable bonds is 5. The van der Waals surface area contributed by atoms with Crippen LogP contribution in [0.2, 0.25) is 0 Å². The van der Waals surface area contributed by atoms with Crippen molar-refractivity contribution in [2.75, 3.05) is 6.54 Å². The van der Waals surface area contributed by atoms with Crippen LogP contribution in [0.25, 0.3) is 10.9 Å². The summed E-state index contributed by atoms with van der Waals surface area (Å²) < 4.78 is 2.30. The summed E-state index contributed by atoms with van der Waals surface area (Å²) in [6, 6.07) is 6.72. The Morgan fingerprint density at radius 1 is 1.29 bits per heavy atom. The van der Waals surface area contributed by atoms with Crippen molar-refractivity contribution in [1.82, 2.24) is 4.57 Å². The molecule has 2 heteroatoms. The molecule has 92 valence electrons. The Balaban J connectivity index is 2.46. The van der Waals surface area contributed by atoms with E-state index in [-0.39, 0.29) is 0 Å². The van der Waals surface area contributed by atoms with Crippen molar-refractivity contribution in [3.05, 3.63) is 35.5 Å². The summed E-state index contributed by atoms with van der Waals surface area (Å²) in [6.45, 7) is 5.99. The summed E-state index contributed by atoms with van der Waals surface area (Å²) in [7, 11) is 0. The van der Waals surface area contributed by atoms with Crippen molar-refractivity contribution in [2.45, 2.75) is 39.7 Å². The molecule has 2 nitrogen and oxygen atoms in total. The average Bonchev–Trinajstić information content (AvgIpc) is 2.65. The van der Waals surface area contributed by atoms with Crippen LogP contribution in [0, 0.1) is 6.92 Å². The highest BCUT2D eigenvalue weighted by molar-refractivity contribution is 5.84. The smallest absolute Gasteiger partial charge is 0.0486 e. The summed E-state index contributed by atoms with van der Waals surface area (Å²) >= 11 is 0. The molecule has 2 N–H and O–H groups in total. The zero-order valence-electron chi connectivity index (χ0n) is 10.9. The largest absolute Gasteiger partial charge is 0.346 e. The first-order valence-corrected chi connectivity index (χ1v) is 6.54. The molecule has 0 aliphatic heterocycles. The van der Waals surface area contributed by atoms with Crippen molar-refractivity contribution >= 4 is 10.9 Å². The number of hydrogen-bond acceptors (Lipinski definition) is 1. The van der Waals surface area contributed by atoms with E-state index in [1.54, 1.807) is 0 Å². The average molecular weight is 230 g/mol. The van der Waals surface area contributed by atoms with Crippen LogP contribution in [0.1, 0.15) is 30.9 Å². The van der Waals surface area contributed by atoms with Gasteiger partial charge in [0.1, 0.15) is 0 Å². The minimum Gasteiger partial charge on any atom is -0.346 e. The highest BCUT2D eigenvalue weighted by Crippen LogP contribution is 2.24. The lowest BCUT2D eigenvalue weighted by Gasteiger charge is -2.02. The maximum Gasteiger partial charge on any atom is 0.0486 e. The van der Waals surface area contributed by atoms with Gasteiger partial charge < -0.3 is 10.3 Å². The number of nitrogens with zero attached hydrogens (tertiary/aromatic N) is 1. The molecule has 0 atom stereocenters. The number of hydrogen-bond donors (Lipinski definition) is 1. The number of aryl methyl sites for hydroxylation is 2. The zero-order chi connectivity index (χ0) is 12.3. The van der Waals surface area contributed by atoms with Crippen molar-refractivity contribution in [1.29, 1.82) is 0 Å². The molecule has 1 aromatic carbocycles. The van der Waals surface area contributed by atoms with Crippen molar-refractivity contribution in [3.63, 3.8) is 0 Å². The Labute approximate surface area is 103 Å². The summed E-state index contributed by atoms with van der Waals surface area (Å²) in [5.41, 5.74) is 9.80. The van der Waals surface area contributed by atoms with Crippen molar-refractivity contribution in [2.24, 2.45) is 5.73 Å². The van der Waals surface area contributed by atoms with Crippen molar-refractivity contribution in [3.8, 4) is 0 Å². The monoisotopic (exact) mass is 230 g/mol. The van der Waals surface area contributed by atoms with Gasteiger partial charge in [0.2, 0.25) is 0 Å². The molecule has 0 saturated carbocycles. The van der Waals surface area contributed by atoms with Crippen LogP contribution in [0.5, 0.6) is 0 Å². The van der Waals surface area contributed by atoms with Gasteiger partial charge in [-0.1, -0.05) is 25.5 Å². The van der Waals surface area contributed by atoms with E-state index in [1.807, 2.05) is 0 Å². The Bertz CT molecular complexity index is 497. The van der Waals surface area contributed by atoms with E-state index in [0.29, 0.717) is 6.54 Å². The third kappa shape index (κ3) is 2.52. The molecule has 0 aliphatic carbocycles. The van der Waals surface area contributed by atoms with Gasteiger partial charge in [0.15, 0.2) is 0 Å². The van der Waals surface area contributed by atoms with Gasteiger partial charge in [-0.2, -0.15) is 0 Å². The molecule has 0 saturated heterocycles. The normalized spacial score (nSPS) is 11.2. The molecule has 1 aromatic heterocycles. The minimum absolute atomic E-state index is 0.699. The maximum absolute atomic E-state index is 5.68. The molecule has 2 rings (SSSR count). The highest BCUT2D eigenvalue weighted by atomic mass is 15.0. The van der Waals surface area contributed by atoms with E-state index in [2.05, 4.69) is 42.8 Å². The maximum atomic E-state index is 5.68. The van der Waals surface area contributed by atoms with E-state index < -0.39 is 0 Å². The second-order valence-electron chi connectivity index (χ2n) is 4.76. The molecule has 0 fully saturated rings. The van der Waals surface area contributed by atoms with E-state index in [1.165, 1.54) is 41.3 Å². The fourth-order valence-corrected chi connectivity index (χ4v) is 2.37. The molecule has 0 unspecified atom stereocenters. The molecule has 1 heterocycles. The predicted octanol–water partition coefficient (Wildman–Crippen LogP) is 3.25. The Morgan fingerprint density at radius 3 is 2.82 bits per heavy atom. The van der Waals surface area contributed by atoms with Gasteiger partial charge in [-0.15, -0.1) is 0 Å². The Morgan fingerprint density at radius 2 is 2.12 bits per heavy atom. The number of aromatic nitrogens is 1. The molecule has 0 bridgehead atoms. The van der Waals surface area contributed by atoms with Gasteiger partial charge in [0, 0.05) is 30.2 Å². The Kier molecular flexibility index (Phi) is 3.85. The first kappa shape index (κ1) is 12.2. The lowest BCUT2D eigenvalue weighted by molar-refractivity contribution is 0.726. The standard InChI is InChI=1S/C15H22N2/c1-3-4-5-13-11-17(9-8-16)15-10-12(2)6-7-14(13)15/h6-7,10-11H,3-5,8-9,16H2,1-2H3. The van der Waals surface area contributed by atoms with Gasteiger partial charge >= 0.3 is 0 Å². The molecular weight excluding hydrogens is 208 g/mol.